The van der Waals surface area contributed by atoms with Gasteiger partial charge >= 0.3 is 0 Å². The first-order valence-corrected chi connectivity index (χ1v) is 9.29. The van der Waals surface area contributed by atoms with E-state index >= 15 is 0 Å². The van der Waals surface area contributed by atoms with E-state index in [0.717, 1.165) is 17.1 Å². The number of aromatic nitrogens is 2. The van der Waals surface area contributed by atoms with Gasteiger partial charge in [0.2, 0.25) is 0 Å². The third kappa shape index (κ3) is 4.11. The summed E-state index contributed by atoms with van der Waals surface area (Å²) in [5.41, 5.74) is 3.23. The molecule has 0 fully saturated rings. The summed E-state index contributed by atoms with van der Waals surface area (Å²) in [6.07, 6.45) is 1.22. The summed E-state index contributed by atoms with van der Waals surface area (Å²) >= 11 is 0. The molecule has 0 saturated heterocycles. The van der Waals surface area contributed by atoms with Gasteiger partial charge in [-0.1, -0.05) is 12.1 Å². The molecule has 2 rings (SSSR count). The van der Waals surface area contributed by atoms with Gasteiger partial charge in [-0.05, 0) is 24.6 Å². The second-order valence-electron chi connectivity index (χ2n) is 5.93. The molecular weight excluding hydrogens is 312 g/mol. The van der Waals surface area contributed by atoms with Crippen molar-refractivity contribution in [3.8, 4) is 0 Å². The van der Waals surface area contributed by atoms with E-state index in [2.05, 4.69) is 15.3 Å². The minimum atomic E-state index is -3.14. The molecule has 1 N–H and O–H groups in total. The summed E-state index contributed by atoms with van der Waals surface area (Å²) in [6.45, 7) is 3.39. The second-order valence-corrected chi connectivity index (χ2v) is 7.94. The van der Waals surface area contributed by atoms with E-state index in [1.165, 1.54) is 11.8 Å². The average Bonchev–Trinajstić information content (AvgIpc) is 2.73. The largest absolute Gasteiger partial charge is 0.363 e. The smallest absolute Gasteiger partial charge is 0.175 e. The monoisotopic (exact) mass is 336 g/mol. The van der Waals surface area contributed by atoms with Crippen molar-refractivity contribution in [1.82, 2.24) is 15.1 Å². The first kappa shape index (κ1) is 17.5. The van der Waals surface area contributed by atoms with Gasteiger partial charge in [0.1, 0.15) is 5.82 Å². The van der Waals surface area contributed by atoms with Crippen molar-refractivity contribution in [2.75, 3.05) is 25.3 Å². The fraction of sp³-hybridized carbons (Fsp3) is 0.438. The topological polar surface area (TPSA) is 67.2 Å². The maximum absolute atomic E-state index is 11.5. The van der Waals surface area contributed by atoms with Crippen molar-refractivity contribution in [1.29, 1.82) is 0 Å². The van der Waals surface area contributed by atoms with Crippen LogP contribution in [0.4, 0.5) is 5.82 Å². The van der Waals surface area contributed by atoms with Crippen LogP contribution in [0.15, 0.2) is 29.2 Å². The van der Waals surface area contributed by atoms with E-state index in [4.69, 9.17) is 0 Å². The summed E-state index contributed by atoms with van der Waals surface area (Å²) in [7, 11) is 2.81. The third-order valence-electron chi connectivity index (χ3n) is 3.72. The molecule has 0 saturated carbocycles. The standard InChI is InChI=1S/C16H24N4O2S/c1-12-15(16(19(2)3)20(4)18-12)11-17-10-13-6-8-14(9-7-13)23(5,21)22/h6-9,17H,10-11H2,1-5H3. The number of benzene rings is 1. The van der Waals surface area contributed by atoms with Crippen molar-refractivity contribution >= 4 is 15.7 Å². The first-order valence-electron chi connectivity index (χ1n) is 7.39. The Kier molecular flexibility index (Phi) is 5.11. The van der Waals surface area contributed by atoms with Gasteiger partial charge in [-0.3, -0.25) is 4.68 Å². The predicted molar refractivity (Wildman–Crippen MR) is 92.4 cm³/mol. The van der Waals surface area contributed by atoms with Crippen LogP contribution in [0.2, 0.25) is 0 Å². The molecular formula is C16H24N4O2S. The predicted octanol–water partition coefficient (Wildman–Crippen LogP) is 1.49. The van der Waals surface area contributed by atoms with Crippen LogP contribution >= 0.6 is 0 Å². The van der Waals surface area contributed by atoms with Gasteiger partial charge in [0.05, 0.1) is 10.6 Å². The fourth-order valence-electron chi connectivity index (χ4n) is 2.64. The van der Waals surface area contributed by atoms with Crippen LogP contribution in [0, 0.1) is 6.92 Å². The Bertz CT molecular complexity index is 777. The number of rotatable bonds is 6. The van der Waals surface area contributed by atoms with Crippen molar-refractivity contribution in [2.24, 2.45) is 7.05 Å². The first-order chi connectivity index (χ1) is 10.7. The molecule has 0 atom stereocenters. The van der Waals surface area contributed by atoms with Gasteiger partial charge in [-0.2, -0.15) is 5.10 Å². The number of nitrogens with zero attached hydrogens (tertiary/aromatic N) is 3. The fourth-order valence-corrected chi connectivity index (χ4v) is 3.27. The number of hydrogen-bond donors (Lipinski definition) is 1. The van der Waals surface area contributed by atoms with E-state index in [0.29, 0.717) is 18.0 Å². The van der Waals surface area contributed by atoms with Crippen LogP contribution in [0.25, 0.3) is 0 Å². The van der Waals surface area contributed by atoms with Crippen molar-refractivity contribution < 1.29 is 8.42 Å². The minimum absolute atomic E-state index is 0.347. The van der Waals surface area contributed by atoms with Crippen LogP contribution in [-0.4, -0.2) is 38.5 Å². The molecule has 126 valence electrons. The van der Waals surface area contributed by atoms with Crippen LogP contribution in [0.5, 0.6) is 0 Å². The molecule has 0 amide bonds. The molecule has 0 bridgehead atoms. The van der Waals surface area contributed by atoms with Crippen LogP contribution in [0.1, 0.15) is 16.8 Å². The van der Waals surface area contributed by atoms with Crippen molar-refractivity contribution in [3.05, 3.63) is 41.1 Å². The second kappa shape index (κ2) is 6.72. The lowest BCUT2D eigenvalue weighted by Gasteiger charge is -2.15. The summed E-state index contributed by atoms with van der Waals surface area (Å²) in [4.78, 5) is 2.40. The van der Waals surface area contributed by atoms with E-state index in [1.807, 2.05) is 44.9 Å². The lowest BCUT2D eigenvalue weighted by molar-refractivity contribution is 0.602. The Labute approximate surface area is 138 Å². The van der Waals surface area contributed by atoms with Crippen molar-refractivity contribution in [3.63, 3.8) is 0 Å². The molecule has 1 heterocycles. The van der Waals surface area contributed by atoms with Gasteiger partial charge in [0.25, 0.3) is 0 Å². The van der Waals surface area contributed by atoms with Crippen molar-refractivity contribution in [2.45, 2.75) is 24.9 Å². The Morgan fingerprint density at radius 1 is 1.17 bits per heavy atom. The molecule has 1 aromatic carbocycles. The molecule has 2 aromatic rings. The maximum atomic E-state index is 11.5. The Morgan fingerprint density at radius 2 is 1.78 bits per heavy atom. The van der Waals surface area contributed by atoms with Gasteiger partial charge in [0.15, 0.2) is 9.84 Å². The zero-order chi connectivity index (χ0) is 17.2. The molecule has 0 spiro atoms. The quantitative estimate of drug-likeness (QED) is 0.866. The summed E-state index contributed by atoms with van der Waals surface area (Å²) < 4.78 is 24.8. The van der Waals surface area contributed by atoms with Gasteiger partial charge < -0.3 is 10.2 Å². The van der Waals surface area contributed by atoms with E-state index in [1.54, 1.807) is 12.1 Å². The number of anilines is 1. The molecule has 0 unspecified atom stereocenters. The highest BCUT2D eigenvalue weighted by molar-refractivity contribution is 7.90. The van der Waals surface area contributed by atoms with Gasteiger partial charge in [0, 0.05) is 46.1 Å². The van der Waals surface area contributed by atoms with Crippen LogP contribution in [0.3, 0.4) is 0 Å². The molecule has 6 nitrogen and oxygen atoms in total. The Morgan fingerprint density at radius 3 is 2.30 bits per heavy atom. The SMILES string of the molecule is Cc1nn(C)c(N(C)C)c1CNCc1ccc(S(C)(=O)=O)cc1. The number of nitrogens with one attached hydrogen (secondary N) is 1. The molecule has 0 radical (unpaired) electrons. The van der Waals surface area contributed by atoms with E-state index in [9.17, 15) is 8.42 Å². The molecule has 23 heavy (non-hydrogen) atoms. The molecule has 0 aliphatic rings. The minimum Gasteiger partial charge on any atom is -0.363 e. The van der Waals surface area contributed by atoms with Gasteiger partial charge in [-0.25, -0.2) is 8.42 Å². The number of aryl methyl sites for hydroxylation is 2. The molecule has 7 heteroatoms. The lowest BCUT2D eigenvalue weighted by atomic mass is 10.2. The lowest BCUT2D eigenvalue weighted by Crippen LogP contribution is -2.18. The van der Waals surface area contributed by atoms with Gasteiger partial charge in [-0.15, -0.1) is 0 Å². The number of sulfone groups is 1. The highest BCUT2D eigenvalue weighted by atomic mass is 32.2. The molecule has 1 aromatic heterocycles. The average molecular weight is 336 g/mol. The molecule has 0 aliphatic heterocycles. The normalized spacial score (nSPS) is 11.7. The summed E-state index contributed by atoms with van der Waals surface area (Å²) in [5.74, 6) is 1.09. The Hall–Kier alpha value is -1.86. The van der Waals surface area contributed by atoms with Crippen LogP contribution < -0.4 is 10.2 Å². The summed E-state index contributed by atoms with van der Waals surface area (Å²) in [5, 5.41) is 7.86. The highest BCUT2D eigenvalue weighted by Crippen LogP contribution is 2.21. The maximum Gasteiger partial charge on any atom is 0.175 e. The number of hydrogen-bond acceptors (Lipinski definition) is 5. The highest BCUT2D eigenvalue weighted by Gasteiger charge is 2.14. The molecule has 0 aliphatic carbocycles. The van der Waals surface area contributed by atoms with E-state index < -0.39 is 9.84 Å². The van der Waals surface area contributed by atoms with Crippen LogP contribution in [-0.2, 0) is 30.0 Å². The zero-order valence-electron chi connectivity index (χ0n) is 14.3. The zero-order valence-corrected chi connectivity index (χ0v) is 15.1. The third-order valence-corrected chi connectivity index (χ3v) is 4.85. The van der Waals surface area contributed by atoms with E-state index in [-0.39, 0.29) is 0 Å². The Balaban J connectivity index is 2.03. The summed E-state index contributed by atoms with van der Waals surface area (Å²) in [6, 6.07) is 6.97.